The van der Waals surface area contributed by atoms with Crippen LogP contribution in [0.1, 0.15) is 45.5 Å². The summed E-state index contributed by atoms with van der Waals surface area (Å²) in [5, 5.41) is 6.23. The zero-order chi connectivity index (χ0) is 19.1. The number of rotatable bonds is 7. The molecule has 0 radical (unpaired) electrons. The fraction of sp³-hybridized carbons (Fsp3) is 0.333. The van der Waals surface area contributed by atoms with Crippen molar-refractivity contribution in [1.82, 2.24) is 5.16 Å². The number of benzene rings is 1. The van der Waals surface area contributed by atoms with E-state index in [2.05, 4.69) is 10.5 Å². The van der Waals surface area contributed by atoms with Crippen molar-refractivity contribution >= 4 is 23.5 Å². The van der Waals surface area contributed by atoms with Crippen LogP contribution in [-0.2, 0) is 14.3 Å². The average Bonchev–Trinajstić information content (AvgIpc) is 2.96. The first-order chi connectivity index (χ1) is 12.4. The van der Waals surface area contributed by atoms with Crippen LogP contribution in [0.25, 0.3) is 0 Å². The van der Waals surface area contributed by atoms with Gasteiger partial charge in [-0.05, 0) is 44.5 Å². The van der Waals surface area contributed by atoms with E-state index in [4.69, 9.17) is 14.0 Å². The Bertz CT molecular complexity index is 775. The van der Waals surface area contributed by atoms with Gasteiger partial charge in [-0.2, -0.15) is 0 Å². The lowest BCUT2D eigenvalue weighted by Gasteiger charge is -2.07. The van der Waals surface area contributed by atoms with Gasteiger partial charge >= 0.3 is 11.9 Å². The number of aryl methyl sites for hydroxylation is 2. The van der Waals surface area contributed by atoms with Gasteiger partial charge in [0.2, 0.25) is 0 Å². The smallest absolute Gasteiger partial charge is 0.344 e. The van der Waals surface area contributed by atoms with Crippen molar-refractivity contribution in [3.8, 4) is 0 Å². The molecule has 1 amide bonds. The lowest BCUT2D eigenvalue weighted by Crippen LogP contribution is -2.21. The minimum atomic E-state index is -0.676. The summed E-state index contributed by atoms with van der Waals surface area (Å²) in [5.74, 6) is -1.27. The third-order valence-electron chi connectivity index (χ3n) is 3.41. The predicted octanol–water partition coefficient (Wildman–Crippen LogP) is 2.65. The van der Waals surface area contributed by atoms with Gasteiger partial charge in [0.25, 0.3) is 5.91 Å². The van der Waals surface area contributed by atoms with E-state index in [1.54, 1.807) is 38.1 Å². The number of hydrogen-bond donors (Lipinski definition) is 1. The molecule has 0 aliphatic heterocycles. The Balaban J connectivity index is 1.86. The number of aromatic nitrogens is 1. The van der Waals surface area contributed by atoms with Gasteiger partial charge in [-0.1, -0.05) is 12.1 Å². The van der Waals surface area contributed by atoms with E-state index in [0.29, 0.717) is 29.3 Å². The third-order valence-corrected chi connectivity index (χ3v) is 3.41. The molecule has 1 aromatic heterocycles. The standard InChI is InChI=1S/C18H20N2O6/c1-4-9-24-17(22)13-5-7-14(8-6-13)19-15(21)10-25-18(23)16-11(2)20-26-12(16)3/h5-8H,4,9-10H2,1-3H3,(H,19,21). The van der Waals surface area contributed by atoms with E-state index in [9.17, 15) is 14.4 Å². The largest absolute Gasteiger partial charge is 0.462 e. The predicted molar refractivity (Wildman–Crippen MR) is 91.9 cm³/mol. The van der Waals surface area contributed by atoms with Gasteiger partial charge in [-0.15, -0.1) is 0 Å². The zero-order valence-corrected chi connectivity index (χ0v) is 14.8. The highest BCUT2D eigenvalue weighted by Gasteiger charge is 2.20. The van der Waals surface area contributed by atoms with Gasteiger partial charge in [0.1, 0.15) is 11.3 Å². The molecule has 2 rings (SSSR count). The molecule has 1 heterocycles. The topological polar surface area (TPSA) is 108 Å². The summed E-state index contributed by atoms with van der Waals surface area (Å²) in [7, 11) is 0. The van der Waals surface area contributed by atoms with Crippen LogP contribution in [0.4, 0.5) is 5.69 Å². The van der Waals surface area contributed by atoms with Crippen LogP contribution in [0.5, 0.6) is 0 Å². The Morgan fingerprint density at radius 1 is 1.08 bits per heavy atom. The molecule has 26 heavy (non-hydrogen) atoms. The lowest BCUT2D eigenvalue weighted by atomic mass is 10.2. The number of nitrogens with one attached hydrogen (secondary N) is 1. The SMILES string of the molecule is CCCOC(=O)c1ccc(NC(=O)COC(=O)c2c(C)noc2C)cc1. The number of anilines is 1. The monoisotopic (exact) mass is 360 g/mol. The number of esters is 2. The molecule has 0 spiro atoms. The van der Waals surface area contributed by atoms with E-state index in [1.807, 2.05) is 6.92 Å². The number of carbonyl (C=O) groups excluding carboxylic acids is 3. The number of hydrogen-bond acceptors (Lipinski definition) is 7. The second-order valence-electron chi connectivity index (χ2n) is 5.54. The van der Waals surface area contributed by atoms with Crippen LogP contribution < -0.4 is 5.32 Å². The number of amides is 1. The molecule has 1 N–H and O–H groups in total. The van der Waals surface area contributed by atoms with Crippen molar-refractivity contribution in [3.63, 3.8) is 0 Å². The van der Waals surface area contributed by atoms with E-state index in [0.717, 1.165) is 6.42 Å². The molecule has 1 aromatic carbocycles. The van der Waals surface area contributed by atoms with Crippen LogP contribution in [0.3, 0.4) is 0 Å². The highest BCUT2D eigenvalue weighted by Crippen LogP contribution is 2.14. The summed E-state index contributed by atoms with van der Waals surface area (Å²) in [6.07, 6.45) is 0.743. The number of ether oxygens (including phenoxy) is 2. The Hall–Kier alpha value is -3.16. The van der Waals surface area contributed by atoms with Crippen LogP contribution >= 0.6 is 0 Å². The summed E-state index contributed by atoms with van der Waals surface area (Å²) < 4.78 is 14.9. The van der Waals surface area contributed by atoms with Crippen molar-refractivity contribution in [2.75, 3.05) is 18.5 Å². The van der Waals surface area contributed by atoms with E-state index in [-0.39, 0.29) is 5.56 Å². The van der Waals surface area contributed by atoms with Crippen LogP contribution in [0, 0.1) is 13.8 Å². The first-order valence-electron chi connectivity index (χ1n) is 8.09. The van der Waals surface area contributed by atoms with Gasteiger partial charge in [-0.25, -0.2) is 9.59 Å². The Labute approximate surface area is 150 Å². The van der Waals surface area contributed by atoms with Crippen molar-refractivity contribution in [2.45, 2.75) is 27.2 Å². The van der Waals surface area contributed by atoms with E-state index >= 15 is 0 Å². The van der Waals surface area contributed by atoms with Gasteiger partial charge in [0, 0.05) is 5.69 Å². The van der Waals surface area contributed by atoms with Crippen molar-refractivity contribution < 1.29 is 28.4 Å². The molecule has 0 bridgehead atoms. The van der Waals surface area contributed by atoms with Gasteiger partial charge in [-0.3, -0.25) is 4.79 Å². The molecule has 0 saturated carbocycles. The normalized spacial score (nSPS) is 10.3. The van der Waals surface area contributed by atoms with E-state index in [1.165, 1.54) is 0 Å². The summed E-state index contributed by atoms with van der Waals surface area (Å²) >= 11 is 0. The maximum atomic E-state index is 12.0. The molecule has 0 aliphatic rings. The molecule has 0 saturated heterocycles. The minimum Gasteiger partial charge on any atom is -0.462 e. The first-order valence-corrected chi connectivity index (χ1v) is 8.09. The Kier molecular flexibility index (Phi) is 6.48. The van der Waals surface area contributed by atoms with E-state index < -0.39 is 24.5 Å². The number of carbonyl (C=O) groups is 3. The molecular weight excluding hydrogens is 340 g/mol. The fourth-order valence-corrected chi connectivity index (χ4v) is 2.14. The fourth-order valence-electron chi connectivity index (χ4n) is 2.14. The van der Waals surface area contributed by atoms with Gasteiger partial charge in [0.05, 0.1) is 17.9 Å². The Morgan fingerprint density at radius 2 is 1.77 bits per heavy atom. The second kappa shape index (κ2) is 8.80. The van der Waals surface area contributed by atoms with Crippen molar-refractivity contribution in [1.29, 1.82) is 0 Å². The summed E-state index contributed by atoms with van der Waals surface area (Å²) in [4.78, 5) is 35.6. The molecule has 8 heteroatoms. The van der Waals surface area contributed by atoms with Gasteiger partial charge in [0.15, 0.2) is 6.61 Å². The number of nitrogens with zero attached hydrogens (tertiary/aromatic N) is 1. The quantitative estimate of drug-likeness (QED) is 0.756. The zero-order valence-electron chi connectivity index (χ0n) is 14.8. The molecule has 8 nitrogen and oxygen atoms in total. The van der Waals surface area contributed by atoms with Crippen LogP contribution in [0.2, 0.25) is 0 Å². The molecule has 2 aromatic rings. The van der Waals surface area contributed by atoms with Crippen molar-refractivity contribution in [2.24, 2.45) is 0 Å². The van der Waals surface area contributed by atoms with Gasteiger partial charge < -0.3 is 19.3 Å². The minimum absolute atomic E-state index is 0.216. The molecule has 0 atom stereocenters. The maximum absolute atomic E-state index is 12.0. The summed E-state index contributed by atoms with van der Waals surface area (Å²) in [6, 6.07) is 6.22. The summed E-state index contributed by atoms with van der Waals surface area (Å²) in [5.41, 5.74) is 1.47. The third kappa shape index (κ3) is 4.92. The molecule has 0 unspecified atom stereocenters. The van der Waals surface area contributed by atoms with Crippen molar-refractivity contribution in [3.05, 3.63) is 46.8 Å². The molecule has 0 fully saturated rings. The lowest BCUT2D eigenvalue weighted by molar-refractivity contribution is -0.119. The molecular formula is C18H20N2O6. The first kappa shape index (κ1) is 19.2. The maximum Gasteiger partial charge on any atom is 0.344 e. The average molecular weight is 360 g/mol. The summed E-state index contributed by atoms with van der Waals surface area (Å²) in [6.45, 7) is 5.01. The van der Waals surface area contributed by atoms with Crippen LogP contribution in [-0.4, -0.2) is 36.2 Å². The Morgan fingerprint density at radius 3 is 2.35 bits per heavy atom. The molecule has 0 aliphatic carbocycles. The van der Waals surface area contributed by atoms with Crippen LogP contribution in [0.15, 0.2) is 28.8 Å². The molecule has 138 valence electrons. The highest BCUT2D eigenvalue weighted by molar-refractivity contribution is 5.96. The second-order valence-corrected chi connectivity index (χ2v) is 5.54. The highest BCUT2D eigenvalue weighted by atomic mass is 16.5.